The zero-order chi connectivity index (χ0) is 15.6. The third-order valence-corrected chi connectivity index (χ3v) is 4.20. The highest BCUT2D eigenvalue weighted by Gasteiger charge is 2.28. The van der Waals surface area contributed by atoms with Crippen molar-refractivity contribution in [1.29, 1.82) is 0 Å². The quantitative estimate of drug-likeness (QED) is 0.803. The van der Waals surface area contributed by atoms with Gasteiger partial charge in [-0.2, -0.15) is 4.98 Å². The molecule has 5 heteroatoms. The van der Waals surface area contributed by atoms with E-state index in [0.29, 0.717) is 18.3 Å². The normalized spacial score (nSPS) is 16.6. The molecule has 1 atom stereocenters. The Hall–Kier alpha value is -2.66. The fourth-order valence-corrected chi connectivity index (χ4v) is 3.08. The van der Waals surface area contributed by atoms with Gasteiger partial charge in [0.25, 0.3) is 0 Å². The summed E-state index contributed by atoms with van der Waals surface area (Å²) >= 11 is 0. The van der Waals surface area contributed by atoms with Gasteiger partial charge in [0.1, 0.15) is 0 Å². The fourth-order valence-electron chi connectivity index (χ4n) is 3.08. The monoisotopic (exact) mass is 307 g/mol. The number of fused-ring (bicyclic) bond motifs is 1. The lowest BCUT2D eigenvalue weighted by atomic mass is 10.0. The van der Waals surface area contributed by atoms with Crippen LogP contribution in [0.15, 0.2) is 59.1 Å². The number of hydrogen-bond donors (Lipinski definition) is 1. The van der Waals surface area contributed by atoms with Gasteiger partial charge < -0.3 is 14.5 Å². The number of rotatable bonds is 4. The average Bonchev–Trinajstić information content (AvgIpc) is 3.21. The first kappa shape index (κ1) is 14.0. The minimum absolute atomic E-state index is 0.141. The van der Waals surface area contributed by atoms with Crippen molar-refractivity contribution in [3.63, 3.8) is 0 Å². The van der Waals surface area contributed by atoms with Crippen molar-refractivity contribution in [2.24, 2.45) is 0 Å². The lowest BCUT2D eigenvalue weighted by Crippen LogP contribution is -2.22. The van der Waals surface area contributed by atoms with Gasteiger partial charge in [-0.15, -0.1) is 0 Å². The molecule has 2 heterocycles. The SMILES string of the molecule is OCC1CN(Cc2nc(-c3ccccc3)no2)c2ccccc21. The van der Waals surface area contributed by atoms with E-state index in [1.54, 1.807) is 0 Å². The first-order valence-electron chi connectivity index (χ1n) is 7.68. The standard InChI is InChI=1S/C18H17N3O2/c22-12-14-10-21(16-9-5-4-8-15(14)16)11-17-19-18(20-23-17)13-6-2-1-3-7-13/h1-9,14,22H,10-12H2. The molecule has 5 nitrogen and oxygen atoms in total. The summed E-state index contributed by atoms with van der Waals surface area (Å²) in [6.07, 6.45) is 0. The lowest BCUT2D eigenvalue weighted by molar-refractivity contribution is 0.270. The van der Waals surface area contributed by atoms with Gasteiger partial charge in [0.2, 0.25) is 11.7 Å². The van der Waals surface area contributed by atoms with Crippen LogP contribution in [0.2, 0.25) is 0 Å². The van der Waals surface area contributed by atoms with Gasteiger partial charge in [-0.05, 0) is 11.6 Å². The van der Waals surface area contributed by atoms with Crippen LogP contribution in [0.3, 0.4) is 0 Å². The van der Waals surface area contributed by atoms with Crippen molar-refractivity contribution >= 4 is 5.69 Å². The van der Waals surface area contributed by atoms with Crippen LogP contribution in [-0.2, 0) is 6.54 Å². The summed E-state index contributed by atoms with van der Waals surface area (Å²) in [6.45, 7) is 1.46. The zero-order valence-electron chi connectivity index (χ0n) is 12.6. The number of anilines is 1. The van der Waals surface area contributed by atoms with Gasteiger partial charge in [0.05, 0.1) is 13.2 Å². The first-order chi connectivity index (χ1) is 11.3. The Morgan fingerprint density at radius 3 is 2.70 bits per heavy atom. The molecule has 0 bridgehead atoms. The summed E-state index contributed by atoms with van der Waals surface area (Å²) in [4.78, 5) is 6.66. The van der Waals surface area contributed by atoms with E-state index in [2.05, 4.69) is 27.2 Å². The van der Waals surface area contributed by atoms with E-state index in [0.717, 1.165) is 17.8 Å². The molecule has 0 aliphatic carbocycles. The van der Waals surface area contributed by atoms with E-state index in [4.69, 9.17) is 4.52 Å². The van der Waals surface area contributed by atoms with E-state index >= 15 is 0 Å². The zero-order valence-corrected chi connectivity index (χ0v) is 12.6. The molecule has 1 aliphatic heterocycles. The molecule has 0 fully saturated rings. The summed E-state index contributed by atoms with van der Waals surface area (Å²) in [7, 11) is 0. The maximum absolute atomic E-state index is 9.57. The van der Waals surface area contributed by atoms with Crippen LogP contribution in [-0.4, -0.2) is 28.4 Å². The van der Waals surface area contributed by atoms with E-state index < -0.39 is 0 Å². The number of aliphatic hydroxyl groups excluding tert-OH is 1. The van der Waals surface area contributed by atoms with Crippen LogP contribution in [0.4, 0.5) is 5.69 Å². The second-order valence-electron chi connectivity index (χ2n) is 5.70. The van der Waals surface area contributed by atoms with E-state index in [1.807, 2.05) is 42.5 Å². The highest BCUT2D eigenvalue weighted by atomic mass is 16.5. The number of aliphatic hydroxyl groups is 1. The first-order valence-corrected chi connectivity index (χ1v) is 7.68. The molecule has 1 unspecified atom stereocenters. The van der Waals surface area contributed by atoms with Gasteiger partial charge in [0, 0.05) is 23.7 Å². The van der Waals surface area contributed by atoms with Gasteiger partial charge in [-0.25, -0.2) is 0 Å². The van der Waals surface area contributed by atoms with E-state index in [-0.39, 0.29) is 12.5 Å². The number of para-hydroxylation sites is 1. The number of nitrogens with zero attached hydrogens (tertiary/aromatic N) is 3. The summed E-state index contributed by atoms with van der Waals surface area (Å²) in [5.74, 6) is 1.33. The van der Waals surface area contributed by atoms with Gasteiger partial charge in [-0.3, -0.25) is 0 Å². The molecule has 116 valence electrons. The number of aromatic nitrogens is 2. The van der Waals surface area contributed by atoms with Crippen LogP contribution in [0.1, 0.15) is 17.4 Å². The molecule has 1 aliphatic rings. The predicted molar refractivity (Wildman–Crippen MR) is 87.1 cm³/mol. The van der Waals surface area contributed by atoms with Crippen molar-refractivity contribution < 1.29 is 9.63 Å². The largest absolute Gasteiger partial charge is 0.396 e. The summed E-state index contributed by atoms with van der Waals surface area (Å²) < 4.78 is 5.40. The molecule has 3 aromatic rings. The maximum atomic E-state index is 9.57. The van der Waals surface area contributed by atoms with Crippen LogP contribution < -0.4 is 4.90 Å². The van der Waals surface area contributed by atoms with Crippen LogP contribution in [0, 0.1) is 0 Å². The van der Waals surface area contributed by atoms with Gasteiger partial charge in [-0.1, -0.05) is 53.7 Å². The molecule has 23 heavy (non-hydrogen) atoms. The second kappa shape index (κ2) is 5.85. The molecular formula is C18H17N3O2. The highest BCUT2D eigenvalue weighted by molar-refractivity contribution is 5.60. The molecule has 0 saturated heterocycles. The Morgan fingerprint density at radius 2 is 1.87 bits per heavy atom. The molecular weight excluding hydrogens is 290 g/mol. The summed E-state index contributed by atoms with van der Waals surface area (Å²) in [6, 6.07) is 17.9. The Bertz CT molecular complexity index is 801. The van der Waals surface area contributed by atoms with E-state index in [9.17, 15) is 5.11 Å². The molecule has 4 rings (SSSR count). The molecule has 1 N–H and O–H groups in total. The topological polar surface area (TPSA) is 62.4 Å². The second-order valence-corrected chi connectivity index (χ2v) is 5.70. The minimum Gasteiger partial charge on any atom is -0.396 e. The predicted octanol–water partition coefficient (Wildman–Crippen LogP) is 2.83. The number of benzene rings is 2. The third kappa shape index (κ3) is 2.59. The van der Waals surface area contributed by atoms with Crippen molar-refractivity contribution in [1.82, 2.24) is 10.1 Å². The van der Waals surface area contributed by atoms with Crippen molar-refractivity contribution in [2.75, 3.05) is 18.1 Å². The maximum Gasteiger partial charge on any atom is 0.246 e. The van der Waals surface area contributed by atoms with Crippen molar-refractivity contribution in [3.05, 3.63) is 66.1 Å². The minimum atomic E-state index is 0.141. The van der Waals surface area contributed by atoms with Crippen molar-refractivity contribution in [3.8, 4) is 11.4 Å². The van der Waals surface area contributed by atoms with Gasteiger partial charge in [0.15, 0.2) is 0 Å². The van der Waals surface area contributed by atoms with Crippen LogP contribution >= 0.6 is 0 Å². The summed E-state index contributed by atoms with van der Waals surface area (Å²) in [5.41, 5.74) is 3.25. The summed E-state index contributed by atoms with van der Waals surface area (Å²) in [5, 5.41) is 13.6. The van der Waals surface area contributed by atoms with E-state index in [1.165, 1.54) is 5.56 Å². The fraction of sp³-hybridized carbons (Fsp3) is 0.222. The number of hydrogen-bond acceptors (Lipinski definition) is 5. The third-order valence-electron chi connectivity index (χ3n) is 4.20. The Morgan fingerprint density at radius 1 is 1.09 bits per heavy atom. The molecule has 2 aromatic carbocycles. The average molecular weight is 307 g/mol. The molecule has 0 spiro atoms. The Labute approximate surface area is 134 Å². The van der Waals surface area contributed by atoms with Crippen molar-refractivity contribution in [2.45, 2.75) is 12.5 Å². The molecule has 0 saturated carbocycles. The smallest absolute Gasteiger partial charge is 0.246 e. The molecule has 0 amide bonds. The highest BCUT2D eigenvalue weighted by Crippen LogP contribution is 2.36. The Balaban J connectivity index is 1.57. The molecule has 0 radical (unpaired) electrons. The van der Waals surface area contributed by atoms with Gasteiger partial charge >= 0.3 is 0 Å². The van der Waals surface area contributed by atoms with Crippen LogP contribution in [0.5, 0.6) is 0 Å². The molecule has 1 aromatic heterocycles. The lowest BCUT2D eigenvalue weighted by Gasteiger charge is -2.17. The van der Waals surface area contributed by atoms with Crippen LogP contribution in [0.25, 0.3) is 11.4 Å². The Kier molecular flexibility index (Phi) is 3.55.